The van der Waals surface area contributed by atoms with Crippen LogP contribution in [-0.4, -0.2) is 51.8 Å². The number of ether oxygens (including phenoxy) is 2. The number of hydrogen-bond acceptors (Lipinski definition) is 4. The summed E-state index contributed by atoms with van der Waals surface area (Å²) >= 11 is 3.53. The molecule has 1 aliphatic rings. The number of anilines is 1. The van der Waals surface area contributed by atoms with Gasteiger partial charge in [-0.2, -0.15) is 0 Å². The van der Waals surface area contributed by atoms with Gasteiger partial charge in [0.15, 0.2) is 0 Å². The van der Waals surface area contributed by atoms with Crippen LogP contribution < -0.4 is 14.4 Å². The zero-order valence-electron chi connectivity index (χ0n) is 17.0. The highest BCUT2D eigenvalue weighted by atomic mass is 79.9. The molecule has 0 N–H and O–H groups in total. The largest absolute Gasteiger partial charge is 0.497 e. The Hall–Kier alpha value is -2.24. The van der Waals surface area contributed by atoms with Crippen molar-refractivity contribution in [3.63, 3.8) is 0 Å². The fourth-order valence-corrected chi connectivity index (χ4v) is 4.33. The maximum atomic E-state index is 5.44. The molecule has 0 unspecified atom stereocenters. The minimum absolute atomic E-state index is 0.888. The maximum absolute atomic E-state index is 5.44. The van der Waals surface area contributed by atoms with Crippen molar-refractivity contribution < 1.29 is 9.47 Å². The minimum Gasteiger partial charge on any atom is -0.497 e. The zero-order valence-corrected chi connectivity index (χ0v) is 18.6. The smallest absolute Gasteiger partial charge is 0.135 e. The molecule has 0 aliphatic carbocycles. The number of halogens is 1. The molecule has 0 radical (unpaired) electrons. The summed E-state index contributed by atoms with van der Waals surface area (Å²) in [5.74, 6) is 1.80. The summed E-state index contributed by atoms with van der Waals surface area (Å²) < 4.78 is 11.8. The zero-order chi connectivity index (χ0) is 20.2. The van der Waals surface area contributed by atoms with E-state index in [0.717, 1.165) is 55.1 Å². The average molecular weight is 455 g/mol. The number of fused-ring (bicyclic) bond motifs is 1. The van der Waals surface area contributed by atoms with Gasteiger partial charge in [0.25, 0.3) is 0 Å². The number of rotatable bonds is 6. The van der Waals surface area contributed by atoms with Crippen LogP contribution in [0.1, 0.15) is 5.56 Å². The second-order valence-electron chi connectivity index (χ2n) is 7.44. The van der Waals surface area contributed by atoms with Crippen LogP contribution in [0.15, 0.2) is 59.1 Å². The van der Waals surface area contributed by atoms with Gasteiger partial charge in [-0.05, 0) is 63.0 Å². The lowest BCUT2D eigenvalue weighted by molar-refractivity contribution is 0.261. The normalized spacial score (nSPS) is 14.9. The number of benzene rings is 3. The quantitative estimate of drug-likeness (QED) is 0.523. The van der Waals surface area contributed by atoms with Crippen molar-refractivity contribution in [3.05, 3.63) is 64.6 Å². The van der Waals surface area contributed by atoms with Crippen molar-refractivity contribution in [2.75, 3.05) is 51.8 Å². The van der Waals surface area contributed by atoms with Crippen molar-refractivity contribution in [2.45, 2.75) is 6.42 Å². The lowest BCUT2D eigenvalue weighted by Crippen LogP contribution is -2.47. The first kappa shape index (κ1) is 20.0. The van der Waals surface area contributed by atoms with Gasteiger partial charge < -0.3 is 14.4 Å². The molecule has 0 spiro atoms. The molecule has 0 atom stereocenters. The Bertz CT molecular complexity index is 984. The van der Waals surface area contributed by atoms with Crippen molar-refractivity contribution in [1.29, 1.82) is 0 Å². The molecule has 1 heterocycles. The van der Waals surface area contributed by atoms with Gasteiger partial charge in [-0.3, -0.25) is 4.90 Å². The van der Waals surface area contributed by atoms with Crippen LogP contribution in [0.25, 0.3) is 10.8 Å². The third kappa shape index (κ3) is 4.68. The topological polar surface area (TPSA) is 24.9 Å². The summed E-state index contributed by atoms with van der Waals surface area (Å²) in [6.07, 6.45) is 1.08. The Kier molecular flexibility index (Phi) is 6.26. The molecular weight excluding hydrogens is 428 g/mol. The summed E-state index contributed by atoms with van der Waals surface area (Å²) in [5.41, 5.74) is 2.62. The highest BCUT2D eigenvalue weighted by Crippen LogP contribution is 2.30. The number of methoxy groups -OCH3 is 2. The molecule has 1 fully saturated rings. The van der Waals surface area contributed by atoms with Crippen LogP contribution >= 0.6 is 15.9 Å². The Labute approximate surface area is 181 Å². The molecule has 29 heavy (non-hydrogen) atoms. The van der Waals surface area contributed by atoms with Crippen LogP contribution in [0, 0.1) is 0 Å². The van der Waals surface area contributed by atoms with Crippen LogP contribution in [0.4, 0.5) is 5.69 Å². The van der Waals surface area contributed by atoms with Crippen molar-refractivity contribution >= 4 is 32.4 Å². The monoisotopic (exact) mass is 454 g/mol. The standard InChI is InChI=1S/C24H27BrN2O2/c1-28-22-7-5-19-15-18(3-4-20(19)16-22)9-10-26-11-13-27(14-12-26)21-6-8-23(25)24(17-21)29-2/h3-8,15-17H,9-14H2,1-2H3. The summed E-state index contributed by atoms with van der Waals surface area (Å²) in [6.45, 7) is 5.36. The molecule has 0 aromatic heterocycles. The van der Waals surface area contributed by atoms with Crippen LogP contribution in [0.2, 0.25) is 0 Å². The van der Waals surface area contributed by atoms with Crippen LogP contribution in [0.3, 0.4) is 0 Å². The first-order chi connectivity index (χ1) is 14.2. The molecule has 3 aromatic rings. The van der Waals surface area contributed by atoms with Crippen molar-refractivity contribution in [1.82, 2.24) is 4.90 Å². The van der Waals surface area contributed by atoms with Crippen LogP contribution in [0.5, 0.6) is 11.5 Å². The van der Waals surface area contributed by atoms with E-state index in [4.69, 9.17) is 9.47 Å². The highest BCUT2D eigenvalue weighted by molar-refractivity contribution is 9.10. The lowest BCUT2D eigenvalue weighted by atomic mass is 10.0. The fourth-order valence-electron chi connectivity index (χ4n) is 3.92. The maximum Gasteiger partial charge on any atom is 0.135 e. The van der Waals surface area contributed by atoms with E-state index in [9.17, 15) is 0 Å². The van der Waals surface area contributed by atoms with E-state index >= 15 is 0 Å². The van der Waals surface area contributed by atoms with Gasteiger partial charge in [-0.25, -0.2) is 0 Å². The predicted molar refractivity (Wildman–Crippen MR) is 124 cm³/mol. The lowest BCUT2D eigenvalue weighted by Gasteiger charge is -2.36. The Morgan fingerprint density at radius 3 is 2.34 bits per heavy atom. The molecule has 3 aromatic carbocycles. The van der Waals surface area contributed by atoms with Crippen molar-refractivity contribution in [2.24, 2.45) is 0 Å². The molecule has 0 amide bonds. The van der Waals surface area contributed by atoms with Gasteiger partial charge in [0.2, 0.25) is 0 Å². The molecule has 152 valence electrons. The highest BCUT2D eigenvalue weighted by Gasteiger charge is 2.18. The summed E-state index contributed by atoms with van der Waals surface area (Å²) in [4.78, 5) is 5.00. The van der Waals surface area contributed by atoms with Gasteiger partial charge in [0, 0.05) is 44.5 Å². The van der Waals surface area contributed by atoms with E-state index < -0.39 is 0 Å². The number of piperazine rings is 1. The summed E-state index contributed by atoms with van der Waals surface area (Å²) in [7, 11) is 3.42. The van der Waals surface area contributed by atoms with E-state index in [-0.39, 0.29) is 0 Å². The SMILES string of the molecule is COc1ccc2cc(CCN3CCN(c4ccc(Br)c(OC)c4)CC3)ccc2c1. The molecular formula is C24H27BrN2O2. The molecule has 0 bridgehead atoms. The molecule has 1 aliphatic heterocycles. The molecule has 0 saturated carbocycles. The van der Waals surface area contributed by atoms with E-state index in [1.807, 2.05) is 6.07 Å². The van der Waals surface area contributed by atoms with E-state index in [2.05, 4.69) is 74.3 Å². The van der Waals surface area contributed by atoms with Crippen LogP contribution in [-0.2, 0) is 6.42 Å². The second kappa shape index (κ2) is 9.06. The number of nitrogens with zero attached hydrogens (tertiary/aromatic N) is 2. The molecule has 4 rings (SSSR count). The van der Waals surface area contributed by atoms with Gasteiger partial charge >= 0.3 is 0 Å². The minimum atomic E-state index is 0.888. The second-order valence-corrected chi connectivity index (χ2v) is 8.30. The average Bonchev–Trinajstić information content (AvgIpc) is 2.78. The number of hydrogen-bond donors (Lipinski definition) is 0. The third-order valence-electron chi connectivity index (χ3n) is 5.70. The van der Waals surface area contributed by atoms with Gasteiger partial charge in [-0.15, -0.1) is 0 Å². The molecule has 1 saturated heterocycles. The molecule has 5 heteroatoms. The van der Waals surface area contributed by atoms with Crippen molar-refractivity contribution in [3.8, 4) is 11.5 Å². The van der Waals surface area contributed by atoms with E-state index in [1.165, 1.54) is 22.0 Å². The van der Waals surface area contributed by atoms with Gasteiger partial charge in [-0.1, -0.05) is 24.3 Å². The Morgan fingerprint density at radius 2 is 1.59 bits per heavy atom. The van der Waals surface area contributed by atoms with E-state index in [0.29, 0.717) is 0 Å². The van der Waals surface area contributed by atoms with Gasteiger partial charge in [0.1, 0.15) is 11.5 Å². The Morgan fingerprint density at radius 1 is 0.828 bits per heavy atom. The first-order valence-corrected chi connectivity index (χ1v) is 10.8. The predicted octanol–water partition coefficient (Wildman–Crippen LogP) is 4.98. The van der Waals surface area contributed by atoms with Gasteiger partial charge in [0.05, 0.1) is 18.7 Å². The summed E-state index contributed by atoms with van der Waals surface area (Å²) in [6, 6.07) is 19.4. The summed E-state index contributed by atoms with van der Waals surface area (Å²) in [5, 5.41) is 2.50. The van der Waals surface area contributed by atoms with E-state index in [1.54, 1.807) is 14.2 Å². The first-order valence-electron chi connectivity index (χ1n) is 10.0. The third-order valence-corrected chi connectivity index (χ3v) is 6.36. The fraction of sp³-hybridized carbons (Fsp3) is 0.333. The Balaban J connectivity index is 1.32. The molecule has 4 nitrogen and oxygen atoms in total.